The minimum Gasteiger partial charge on any atom is -0.0901 e. The summed E-state index contributed by atoms with van der Waals surface area (Å²) in [6, 6.07) is 27.9. The highest BCUT2D eigenvalue weighted by molar-refractivity contribution is 7.99. The van der Waals surface area contributed by atoms with Crippen molar-refractivity contribution in [3.05, 3.63) is 84.4 Å². The summed E-state index contributed by atoms with van der Waals surface area (Å²) in [7, 11) is 0. The number of hydrogen-bond donors (Lipinski definition) is 0. The second-order valence-corrected chi connectivity index (χ2v) is 5.96. The molecule has 3 rings (SSSR count). The van der Waals surface area contributed by atoms with Crippen molar-refractivity contribution in [2.45, 2.75) is 16.7 Å². The molecule has 1 heteroatoms. The van der Waals surface area contributed by atoms with Crippen LogP contribution in [0.2, 0.25) is 0 Å². The molecule has 0 bridgehead atoms. The van der Waals surface area contributed by atoms with Crippen molar-refractivity contribution in [2.75, 3.05) is 0 Å². The largest absolute Gasteiger partial charge is 0.0901 e. The molecule has 98 valence electrons. The van der Waals surface area contributed by atoms with E-state index in [0.29, 0.717) is 0 Å². The summed E-state index contributed by atoms with van der Waals surface area (Å²) in [5.41, 5.74) is 3.83. The first-order valence-corrected chi connectivity index (χ1v) is 7.53. The molecule has 0 fully saturated rings. The van der Waals surface area contributed by atoms with Crippen molar-refractivity contribution < 1.29 is 0 Å². The molecule has 3 aromatic rings. The quantitative estimate of drug-likeness (QED) is 0.581. The summed E-state index contributed by atoms with van der Waals surface area (Å²) in [6.07, 6.45) is 0. The summed E-state index contributed by atoms with van der Waals surface area (Å²) < 4.78 is 0. The lowest BCUT2D eigenvalue weighted by Gasteiger charge is -2.06. The Hall–Kier alpha value is -1.99. The van der Waals surface area contributed by atoms with Crippen LogP contribution in [0.25, 0.3) is 11.1 Å². The Morgan fingerprint density at radius 2 is 1.30 bits per heavy atom. The van der Waals surface area contributed by atoms with Gasteiger partial charge in [-0.25, -0.2) is 0 Å². The average molecular weight is 276 g/mol. The third-order valence-electron chi connectivity index (χ3n) is 3.20. The Balaban J connectivity index is 1.86. The number of rotatable bonds is 3. The first-order chi connectivity index (χ1) is 9.81. The molecule has 3 aromatic carbocycles. The van der Waals surface area contributed by atoms with Crippen LogP contribution in [0.5, 0.6) is 0 Å². The first kappa shape index (κ1) is 13.0. The fourth-order valence-electron chi connectivity index (χ4n) is 2.11. The number of benzene rings is 3. The molecule has 0 aromatic heterocycles. The maximum Gasteiger partial charge on any atom is 0.0128 e. The summed E-state index contributed by atoms with van der Waals surface area (Å²) in [5, 5.41) is 0. The molecule has 0 nitrogen and oxygen atoms in total. The molecular weight excluding hydrogens is 260 g/mol. The van der Waals surface area contributed by atoms with E-state index in [1.165, 1.54) is 26.5 Å². The normalized spacial score (nSPS) is 10.4. The fourth-order valence-corrected chi connectivity index (χ4v) is 2.99. The standard InChI is InChI=1S/C19H16S/c1-15-10-12-18(13-11-15)20-19-9-5-8-17(14-19)16-6-3-2-4-7-16/h2-14H,1H3. The zero-order valence-corrected chi connectivity index (χ0v) is 12.2. The topological polar surface area (TPSA) is 0 Å². The van der Waals surface area contributed by atoms with Gasteiger partial charge in [-0.2, -0.15) is 0 Å². The molecular formula is C19H16S. The van der Waals surface area contributed by atoms with Crippen molar-refractivity contribution in [1.82, 2.24) is 0 Å². The Kier molecular flexibility index (Phi) is 3.89. The van der Waals surface area contributed by atoms with E-state index in [1.807, 2.05) is 0 Å². The molecule has 0 aliphatic rings. The second kappa shape index (κ2) is 5.98. The van der Waals surface area contributed by atoms with Gasteiger partial charge in [0.1, 0.15) is 0 Å². The molecule has 0 aliphatic carbocycles. The highest BCUT2D eigenvalue weighted by Gasteiger charge is 2.01. The summed E-state index contributed by atoms with van der Waals surface area (Å²) in [5.74, 6) is 0. The minimum atomic E-state index is 1.26. The van der Waals surface area contributed by atoms with Gasteiger partial charge in [0, 0.05) is 9.79 Å². The summed E-state index contributed by atoms with van der Waals surface area (Å²) in [4.78, 5) is 2.55. The Labute approximate surface area is 124 Å². The fraction of sp³-hybridized carbons (Fsp3) is 0.0526. The first-order valence-electron chi connectivity index (χ1n) is 6.71. The van der Waals surface area contributed by atoms with E-state index < -0.39 is 0 Å². The van der Waals surface area contributed by atoms with Crippen molar-refractivity contribution in [3.63, 3.8) is 0 Å². The predicted octanol–water partition coefficient (Wildman–Crippen LogP) is 5.81. The van der Waals surface area contributed by atoms with Crippen molar-refractivity contribution in [3.8, 4) is 11.1 Å². The SMILES string of the molecule is Cc1ccc(Sc2cccc(-c3ccccc3)c2)cc1. The monoisotopic (exact) mass is 276 g/mol. The van der Waals surface area contributed by atoms with Gasteiger partial charge < -0.3 is 0 Å². The van der Waals surface area contributed by atoms with E-state index in [1.54, 1.807) is 11.8 Å². The molecule has 0 N–H and O–H groups in total. The lowest BCUT2D eigenvalue weighted by atomic mass is 10.1. The zero-order chi connectivity index (χ0) is 13.8. The molecule has 0 amide bonds. The van der Waals surface area contributed by atoms with Gasteiger partial charge in [-0.05, 0) is 42.3 Å². The van der Waals surface area contributed by atoms with Gasteiger partial charge in [-0.3, -0.25) is 0 Å². The third kappa shape index (κ3) is 3.12. The number of hydrogen-bond acceptors (Lipinski definition) is 1. The second-order valence-electron chi connectivity index (χ2n) is 4.81. The Morgan fingerprint density at radius 3 is 2.05 bits per heavy atom. The van der Waals surface area contributed by atoms with Crippen LogP contribution in [0.1, 0.15) is 5.56 Å². The van der Waals surface area contributed by atoms with Crippen LogP contribution in [-0.2, 0) is 0 Å². The van der Waals surface area contributed by atoms with E-state index in [4.69, 9.17) is 0 Å². The molecule has 0 unspecified atom stereocenters. The van der Waals surface area contributed by atoms with Crippen LogP contribution in [0.3, 0.4) is 0 Å². The van der Waals surface area contributed by atoms with Crippen LogP contribution >= 0.6 is 11.8 Å². The Bertz CT molecular complexity index is 684. The van der Waals surface area contributed by atoms with Crippen LogP contribution in [-0.4, -0.2) is 0 Å². The highest BCUT2D eigenvalue weighted by Crippen LogP contribution is 2.31. The van der Waals surface area contributed by atoms with Crippen molar-refractivity contribution in [1.29, 1.82) is 0 Å². The Morgan fingerprint density at radius 1 is 0.600 bits per heavy atom. The van der Waals surface area contributed by atoms with E-state index in [0.717, 1.165) is 0 Å². The van der Waals surface area contributed by atoms with Gasteiger partial charge in [0.05, 0.1) is 0 Å². The van der Waals surface area contributed by atoms with Crippen molar-refractivity contribution >= 4 is 11.8 Å². The van der Waals surface area contributed by atoms with E-state index in [2.05, 4.69) is 85.8 Å². The minimum absolute atomic E-state index is 1.26. The lowest BCUT2D eigenvalue weighted by Crippen LogP contribution is -1.79. The molecule has 0 atom stereocenters. The van der Waals surface area contributed by atoms with Crippen LogP contribution in [0.15, 0.2) is 88.7 Å². The molecule has 0 spiro atoms. The average Bonchev–Trinajstić information content (AvgIpc) is 2.51. The van der Waals surface area contributed by atoms with Crippen LogP contribution in [0.4, 0.5) is 0 Å². The van der Waals surface area contributed by atoms with Crippen molar-refractivity contribution in [2.24, 2.45) is 0 Å². The van der Waals surface area contributed by atoms with Gasteiger partial charge in [0.25, 0.3) is 0 Å². The van der Waals surface area contributed by atoms with Crippen LogP contribution < -0.4 is 0 Å². The van der Waals surface area contributed by atoms with Gasteiger partial charge in [-0.15, -0.1) is 0 Å². The molecule has 0 aliphatic heterocycles. The maximum absolute atomic E-state index is 2.25. The number of aryl methyl sites for hydroxylation is 1. The van der Waals surface area contributed by atoms with E-state index in [9.17, 15) is 0 Å². The highest BCUT2D eigenvalue weighted by atomic mass is 32.2. The zero-order valence-electron chi connectivity index (χ0n) is 11.4. The summed E-state index contributed by atoms with van der Waals surface area (Å²) >= 11 is 1.81. The van der Waals surface area contributed by atoms with Gasteiger partial charge in [0.15, 0.2) is 0 Å². The molecule has 0 radical (unpaired) electrons. The molecule has 0 saturated heterocycles. The molecule has 0 heterocycles. The summed E-state index contributed by atoms with van der Waals surface area (Å²) in [6.45, 7) is 2.12. The predicted molar refractivity (Wildman–Crippen MR) is 87.2 cm³/mol. The van der Waals surface area contributed by atoms with E-state index >= 15 is 0 Å². The smallest absolute Gasteiger partial charge is 0.0128 e. The van der Waals surface area contributed by atoms with Gasteiger partial charge in [-0.1, -0.05) is 71.9 Å². The van der Waals surface area contributed by atoms with E-state index in [-0.39, 0.29) is 0 Å². The molecule has 0 saturated carbocycles. The van der Waals surface area contributed by atoms with Crippen LogP contribution in [0, 0.1) is 6.92 Å². The lowest BCUT2D eigenvalue weighted by molar-refractivity contribution is 1.36. The molecule has 20 heavy (non-hydrogen) atoms. The maximum atomic E-state index is 2.25. The van der Waals surface area contributed by atoms with Gasteiger partial charge in [0.2, 0.25) is 0 Å². The third-order valence-corrected chi connectivity index (χ3v) is 4.20. The van der Waals surface area contributed by atoms with Gasteiger partial charge >= 0.3 is 0 Å².